The fourth-order valence-corrected chi connectivity index (χ4v) is 3.26. The number of rotatable bonds is 6. The van der Waals surface area contributed by atoms with Crippen molar-refractivity contribution >= 4 is 41.6 Å². The van der Waals surface area contributed by atoms with Gasteiger partial charge in [0.2, 0.25) is 0 Å². The summed E-state index contributed by atoms with van der Waals surface area (Å²) >= 11 is 12.2. The zero-order chi connectivity index (χ0) is 21.9. The van der Waals surface area contributed by atoms with Crippen molar-refractivity contribution in [3.63, 3.8) is 0 Å². The van der Waals surface area contributed by atoms with Crippen molar-refractivity contribution in [1.29, 1.82) is 0 Å². The largest absolute Gasteiger partial charge is 0.461 e. The molecule has 8 heteroatoms. The summed E-state index contributed by atoms with van der Waals surface area (Å²) in [6.45, 7) is 8.72. The Labute approximate surface area is 199 Å². The van der Waals surface area contributed by atoms with Crippen LogP contribution >= 0.6 is 35.6 Å². The van der Waals surface area contributed by atoms with E-state index in [1.54, 1.807) is 23.7 Å². The first kappa shape index (κ1) is 25.2. The lowest BCUT2D eigenvalue weighted by Gasteiger charge is -2.21. The third-order valence-electron chi connectivity index (χ3n) is 4.44. The van der Waals surface area contributed by atoms with E-state index in [1.165, 1.54) is 0 Å². The van der Waals surface area contributed by atoms with E-state index < -0.39 is 5.97 Å². The molecule has 0 atom stereocenters. The van der Waals surface area contributed by atoms with Crippen molar-refractivity contribution in [1.82, 2.24) is 15.1 Å². The van der Waals surface area contributed by atoms with E-state index in [-0.39, 0.29) is 30.2 Å². The summed E-state index contributed by atoms with van der Waals surface area (Å²) < 4.78 is 7.05. The van der Waals surface area contributed by atoms with Gasteiger partial charge in [-0.1, -0.05) is 35.3 Å². The van der Waals surface area contributed by atoms with Gasteiger partial charge in [0.25, 0.3) is 0 Å². The molecule has 0 spiro atoms. The minimum atomic E-state index is -0.453. The molecular weight excluding hydrogens is 457 g/mol. The molecular formula is C23H26Cl3N3O2. The van der Waals surface area contributed by atoms with Gasteiger partial charge in [0, 0.05) is 33.3 Å². The molecule has 1 N–H and O–H groups in total. The Morgan fingerprint density at radius 2 is 1.58 bits per heavy atom. The quantitative estimate of drug-likeness (QED) is 0.417. The van der Waals surface area contributed by atoms with Crippen LogP contribution < -0.4 is 5.32 Å². The molecule has 5 nitrogen and oxygen atoms in total. The molecule has 0 unspecified atom stereocenters. The molecule has 31 heavy (non-hydrogen) atoms. The maximum atomic E-state index is 12.8. The summed E-state index contributed by atoms with van der Waals surface area (Å²) in [6, 6.07) is 14.8. The molecule has 0 radical (unpaired) electrons. The second-order valence-corrected chi connectivity index (χ2v) is 8.77. The third-order valence-corrected chi connectivity index (χ3v) is 4.94. The predicted molar refractivity (Wildman–Crippen MR) is 129 cm³/mol. The molecule has 0 saturated carbocycles. The van der Waals surface area contributed by atoms with Gasteiger partial charge >= 0.3 is 5.97 Å². The van der Waals surface area contributed by atoms with Crippen molar-refractivity contribution in [3.8, 4) is 16.9 Å². The van der Waals surface area contributed by atoms with Gasteiger partial charge in [-0.15, -0.1) is 12.4 Å². The summed E-state index contributed by atoms with van der Waals surface area (Å²) in [4.78, 5) is 12.8. The summed E-state index contributed by atoms with van der Waals surface area (Å²) in [6.07, 6.45) is 0. The van der Waals surface area contributed by atoms with Crippen LogP contribution in [0.15, 0.2) is 48.5 Å². The van der Waals surface area contributed by atoms with Gasteiger partial charge in [0.05, 0.1) is 18.0 Å². The number of esters is 1. The fraction of sp³-hybridized carbons (Fsp3) is 0.304. The highest BCUT2D eigenvalue weighted by atomic mass is 35.5. The average Bonchev–Trinajstić information content (AvgIpc) is 3.07. The van der Waals surface area contributed by atoms with E-state index in [2.05, 4.69) is 31.2 Å². The van der Waals surface area contributed by atoms with Crippen molar-refractivity contribution in [2.75, 3.05) is 6.61 Å². The van der Waals surface area contributed by atoms with Gasteiger partial charge in [-0.25, -0.2) is 9.48 Å². The molecule has 1 aromatic heterocycles. The normalized spacial score (nSPS) is 11.2. The number of carbonyl (C=O) groups is 1. The van der Waals surface area contributed by atoms with E-state index >= 15 is 0 Å². The van der Waals surface area contributed by atoms with E-state index in [0.29, 0.717) is 16.6 Å². The number of hydrogen-bond acceptors (Lipinski definition) is 4. The highest BCUT2D eigenvalue weighted by molar-refractivity contribution is 6.30. The fourth-order valence-electron chi connectivity index (χ4n) is 3.01. The first-order valence-corrected chi connectivity index (χ1v) is 10.5. The summed E-state index contributed by atoms with van der Waals surface area (Å²) in [7, 11) is 0. The summed E-state index contributed by atoms with van der Waals surface area (Å²) in [5.41, 5.74) is 3.38. The van der Waals surface area contributed by atoms with Crippen LogP contribution in [-0.2, 0) is 11.3 Å². The Hall–Kier alpha value is -2.05. The molecule has 0 aliphatic carbocycles. The van der Waals surface area contributed by atoms with Gasteiger partial charge in [-0.3, -0.25) is 0 Å². The van der Waals surface area contributed by atoms with Crippen LogP contribution in [0.1, 0.15) is 43.7 Å². The van der Waals surface area contributed by atoms with Crippen LogP contribution in [0, 0.1) is 0 Å². The van der Waals surface area contributed by atoms with Crippen LogP contribution in [0.25, 0.3) is 16.9 Å². The second kappa shape index (κ2) is 10.5. The lowest BCUT2D eigenvalue weighted by molar-refractivity contribution is 0.0517. The SMILES string of the molecule is CCOC(=O)c1nn(-c2ccc(Cl)cc2)c(-c2ccc(Cl)cc2)c1CNC(C)(C)C.Cl. The summed E-state index contributed by atoms with van der Waals surface area (Å²) in [5, 5.41) is 9.38. The van der Waals surface area contributed by atoms with Gasteiger partial charge in [-0.05, 0) is 64.1 Å². The number of benzene rings is 2. The first-order chi connectivity index (χ1) is 14.2. The maximum absolute atomic E-state index is 12.8. The van der Waals surface area contributed by atoms with Gasteiger partial charge in [0.1, 0.15) is 0 Å². The second-order valence-electron chi connectivity index (χ2n) is 7.89. The Morgan fingerprint density at radius 1 is 1.03 bits per heavy atom. The maximum Gasteiger partial charge on any atom is 0.359 e. The molecule has 166 valence electrons. The Balaban J connectivity index is 0.00000341. The summed E-state index contributed by atoms with van der Waals surface area (Å²) in [5.74, 6) is -0.453. The molecule has 3 rings (SSSR count). The highest BCUT2D eigenvalue weighted by Gasteiger charge is 2.26. The Morgan fingerprint density at radius 3 is 2.10 bits per heavy atom. The zero-order valence-electron chi connectivity index (χ0n) is 17.9. The van der Waals surface area contributed by atoms with Crippen LogP contribution in [-0.4, -0.2) is 27.9 Å². The Kier molecular flexibility index (Phi) is 8.55. The van der Waals surface area contributed by atoms with Crippen LogP contribution in [0.5, 0.6) is 0 Å². The van der Waals surface area contributed by atoms with E-state index in [0.717, 1.165) is 22.5 Å². The molecule has 0 saturated heterocycles. The lowest BCUT2D eigenvalue weighted by Crippen LogP contribution is -2.35. The van der Waals surface area contributed by atoms with Crippen molar-refractivity contribution in [3.05, 3.63) is 69.8 Å². The molecule has 0 aliphatic rings. The number of carbonyl (C=O) groups excluding carboxylic acids is 1. The average molecular weight is 483 g/mol. The van der Waals surface area contributed by atoms with Gasteiger partial charge in [0.15, 0.2) is 5.69 Å². The standard InChI is InChI=1S/C23H25Cl2N3O2.ClH/c1-5-30-22(29)20-19(14-26-23(2,3)4)21(15-6-8-16(24)9-7-15)28(27-20)18-12-10-17(25)11-13-18;/h6-13,26H,5,14H2,1-4H3;1H. The molecule has 0 amide bonds. The topological polar surface area (TPSA) is 56.1 Å². The molecule has 0 bridgehead atoms. The molecule has 1 heterocycles. The monoisotopic (exact) mass is 481 g/mol. The predicted octanol–water partition coefficient (Wildman–Crippen LogP) is 6.33. The molecule has 0 aliphatic heterocycles. The minimum Gasteiger partial charge on any atom is -0.461 e. The van der Waals surface area contributed by atoms with Gasteiger partial charge < -0.3 is 10.1 Å². The third kappa shape index (κ3) is 6.23. The number of nitrogens with one attached hydrogen (secondary N) is 1. The number of hydrogen-bond donors (Lipinski definition) is 1. The number of nitrogens with zero attached hydrogens (tertiary/aromatic N) is 2. The Bertz CT molecular complexity index is 1020. The van der Waals surface area contributed by atoms with Crippen molar-refractivity contribution in [2.45, 2.75) is 39.8 Å². The van der Waals surface area contributed by atoms with Crippen LogP contribution in [0.4, 0.5) is 0 Å². The number of halogens is 3. The van der Waals surface area contributed by atoms with E-state index in [1.807, 2.05) is 36.4 Å². The highest BCUT2D eigenvalue weighted by Crippen LogP contribution is 2.31. The van der Waals surface area contributed by atoms with E-state index in [9.17, 15) is 4.79 Å². The molecule has 3 aromatic rings. The lowest BCUT2D eigenvalue weighted by atomic mass is 10.0. The minimum absolute atomic E-state index is 0. The number of aromatic nitrogens is 2. The van der Waals surface area contributed by atoms with Crippen molar-refractivity contribution < 1.29 is 9.53 Å². The molecule has 2 aromatic carbocycles. The first-order valence-electron chi connectivity index (χ1n) is 9.75. The smallest absolute Gasteiger partial charge is 0.359 e. The van der Waals surface area contributed by atoms with Crippen molar-refractivity contribution in [2.24, 2.45) is 0 Å². The number of ether oxygens (including phenoxy) is 1. The van der Waals surface area contributed by atoms with Crippen LogP contribution in [0.3, 0.4) is 0 Å². The van der Waals surface area contributed by atoms with Crippen LogP contribution in [0.2, 0.25) is 10.0 Å². The van der Waals surface area contributed by atoms with E-state index in [4.69, 9.17) is 27.9 Å². The zero-order valence-corrected chi connectivity index (χ0v) is 20.2. The van der Waals surface area contributed by atoms with Gasteiger partial charge in [-0.2, -0.15) is 5.10 Å². The molecule has 0 fully saturated rings.